The first-order valence-corrected chi connectivity index (χ1v) is 13.7. The summed E-state index contributed by atoms with van der Waals surface area (Å²) < 4.78 is 5.01. The zero-order valence-electron chi connectivity index (χ0n) is 22.1. The first kappa shape index (κ1) is 28.8. The molecule has 42 heavy (non-hydrogen) atoms. The lowest BCUT2D eigenvalue weighted by molar-refractivity contribution is -0.146. The zero-order chi connectivity index (χ0) is 30.2. The highest BCUT2D eigenvalue weighted by molar-refractivity contribution is 8.00. The molecule has 1 fully saturated rings. The summed E-state index contributed by atoms with van der Waals surface area (Å²) in [5, 5.41) is 24.5. The van der Waals surface area contributed by atoms with E-state index in [2.05, 4.69) is 20.6 Å². The molecule has 2 aromatic rings. The number of H-pyrrole nitrogens is 1. The van der Waals surface area contributed by atoms with Gasteiger partial charge in [-0.15, -0.1) is 11.8 Å². The fraction of sp³-hybridized carbons (Fsp3) is 0.296. The van der Waals surface area contributed by atoms with Crippen LogP contribution < -0.4 is 16.1 Å². The van der Waals surface area contributed by atoms with Crippen LogP contribution in [0.1, 0.15) is 36.5 Å². The molecule has 218 valence electrons. The Balaban J connectivity index is 1.24. The van der Waals surface area contributed by atoms with E-state index in [1.54, 1.807) is 18.2 Å². The Labute approximate surface area is 241 Å². The molecule has 5 rings (SSSR count). The molecule has 3 atom stereocenters. The molecule has 2 aromatic heterocycles. The van der Waals surface area contributed by atoms with Gasteiger partial charge in [0, 0.05) is 31.3 Å². The molecule has 0 saturated carbocycles. The SMILES string of the molecule is CC(=O)OCC1=C(C(=O)O)N2C(=O)C[C@H]2SC1NC(=O)CC1=CCC(O)(NC(=O)c2c[nH]c3cccnc3c2=O)C=C1. The Morgan fingerprint density at radius 2 is 2.07 bits per heavy atom. The maximum Gasteiger partial charge on any atom is 0.352 e. The molecule has 2 aliphatic heterocycles. The number of ether oxygens (including phenoxy) is 1. The van der Waals surface area contributed by atoms with Crippen molar-refractivity contribution in [1.82, 2.24) is 25.5 Å². The summed E-state index contributed by atoms with van der Waals surface area (Å²) in [6, 6.07) is 3.28. The third-order valence-electron chi connectivity index (χ3n) is 6.81. The number of esters is 1. The van der Waals surface area contributed by atoms with Crippen molar-refractivity contribution >= 4 is 52.5 Å². The third-order valence-corrected chi connectivity index (χ3v) is 8.18. The number of thioether (sulfide) groups is 1. The van der Waals surface area contributed by atoms with Gasteiger partial charge in [0.1, 0.15) is 28.8 Å². The van der Waals surface area contributed by atoms with E-state index in [0.717, 1.165) is 11.8 Å². The van der Waals surface area contributed by atoms with E-state index in [4.69, 9.17) is 4.74 Å². The zero-order valence-corrected chi connectivity index (χ0v) is 22.9. The number of carboxylic acids is 1. The minimum Gasteiger partial charge on any atom is -0.477 e. The molecular formula is C27H25N5O9S. The lowest BCUT2D eigenvalue weighted by Crippen LogP contribution is -2.57. The standard InChI is InChI=1S/C27H25N5O9S/c1-13(33)41-12-16-22(26(38)39)32-19(35)10-20(32)42-25(16)30-18(34)9-14-4-6-27(40,7-5-14)31-24(37)15-11-29-17-3-2-8-28-21(17)23(15)36/h2-6,8,11,20,25,40H,7,9-10,12H2,1H3,(H,29,36)(H,30,34)(H,31,37)(H,38,39)/t20-,25?,27?/m1/s1. The van der Waals surface area contributed by atoms with Crippen molar-refractivity contribution in [3.8, 4) is 0 Å². The Hall–Kier alpha value is -4.76. The van der Waals surface area contributed by atoms with Crippen LogP contribution in [-0.2, 0) is 23.9 Å². The molecule has 0 radical (unpaired) electrons. The van der Waals surface area contributed by atoms with E-state index in [0.29, 0.717) is 11.1 Å². The van der Waals surface area contributed by atoms with Crippen LogP contribution in [0, 0.1) is 0 Å². The van der Waals surface area contributed by atoms with Gasteiger partial charge in [-0.2, -0.15) is 0 Å². The van der Waals surface area contributed by atoms with E-state index in [1.165, 1.54) is 36.3 Å². The second kappa shape index (κ2) is 11.3. The molecule has 4 heterocycles. The fourth-order valence-electron chi connectivity index (χ4n) is 4.72. The molecule has 3 amide bonds. The third kappa shape index (κ3) is 5.69. The smallest absolute Gasteiger partial charge is 0.352 e. The normalized spacial score (nSPS) is 23.0. The number of aliphatic hydroxyl groups is 1. The van der Waals surface area contributed by atoms with E-state index in [-0.39, 0.29) is 47.5 Å². The first-order chi connectivity index (χ1) is 20.0. The lowest BCUT2D eigenvalue weighted by Gasteiger charge is -2.46. The van der Waals surface area contributed by atoms with Crippen LogP contribution in [0.15, 0.2) is 64.4 Å². The summed E-state index contributed by atoms with van der Waals surface area (Å²) >= 11 is 1.17. The number of carbonyl (C=O) groups excluding carboxylic acids is 4. The highest BCUT2D eigenvalue weighted by atomic mass is 32.2. The number of nitrogens with zero attached hydrogens (tertiary/aromatic N) is 2. The molecule has 3 aliphatic rings. The number of aromatic nitrogens is 2. The summed E-state index contributed by atoms with van der Waals surface area (Å²) in [6.07, 6.45) is 6.82. The number of fused-ring (bicyclic) bond motifs is 2. The van der Waals surface area contributed by atoms with Crippen LogP contribution in [0.25, 0.3) is 11.0 Å². The predicted octanol–water partition coefficient (Wildman–Crippen LogP) is 0.267. The van der Waals surface area contributed by atoms with Crippen LogP contribution in [0.4, 0.5) is 0 Å². The monoisotopic (exact) mass is 595 g/mol. The van der Waals surface area contributed by atoms with Crippen molar-refractivity contribution in [2.45, 2.75) is 42.7 Å². The summed E-state index contributed by atoms with van der Waals surface area (Å²) in [7, 11) is 0. The highest BCUT2D eigenvalue weighted by Gasteiger charge is 2.49. The van der Waals surface area contributed by atoms with Gasteiger partial charge in [-0.1, -0.05) is 12.2 Å². The molecule has 0 spiro atoms. The quantitative estimate of drug-likeness (QED) is 0.159. The van der Waals surface area contributed by atoms with Crippen molar-refractivity contribution in [2.75, 3.05) is 6.61 Å². The van der Waals surface area contributed by atoms with Gasteiger partial charge in [-0.25, -0.2) is 4.79 Å². The number of rotatable bonds is 8. The van der Waals surface area contributed by atoms with Gasteiger partial charge in [0.15, 0.2) is 5.72 Å². The Morgan fingerprint density at radius 3 is 2.74 bits per heavy atom. The number of carboxylic acid groups (broad SMARTS) is 1. The fourth-order valence-corrected chi connectivity index (χ4v) is 6.16. The Kier molecular flexibility index (Phi) is 7.71. The number of β-lactam (4-membered cyclic amide) rings is 1. The Bertz CT molecular complexity index is 1680. The number of carbonyl (C=O) groups is 5. The minimum absolute atomic E-state index is 0.0736. The average Bonchev–Trinajstić information content (AvgIpc) is 2.93. The van der Waals surface area contributed by atoms with Crippen LogP contribution in [0.3, 0.4) is 0 Å². The van der Waals surface area contributed by atoms with Crippen molar-refractivity contribution in [3.63, 3.8) is 0 Å². The molecule has 0 bridgehead atoms. The second-order valence-corrected chi connectivity index (χ2v) is 11.1. The van der Waals surface area contributed by atoms with Crippen molar-refractivity contribution in [2.24, 2.45) is 0 Å². The van der Waals surface area contributed by atoms with Crippen LogP contribution in [-0.4, -0.2) is 77.8 Å². The average molecular weight is 596 g/mol. The summed E-state index contributed by atoms with van der Waals surface area (Å²) in [4.78, 5) is 81.8. The highest BCUT2D eigenvalue weighted by Crippen LogP contribution is 2.43. The number of aliphatic carboxylic acids is 1. The number of amides is 3. The number of aromatic amines is 1. The van der Waals surface area contributed by atoms with Gasteiger partial charge < -0.3 is 30.6 Å². The largest absolute Gasteiger partial charge is 0.477 e. The molecular weight excluding hydrogens is 570 g/mol. The second-order valence-electron chi connectivity index (χ2n) is 9.77. The minimum atomic E-state index is -1.82. The van der Waals surface area contributed by atoms with Crippen LogP contribution in [0.2, 0.25) is 0 Å². The number of pyridine rings is 2. The van der Waals surface area contributed by atoms with Crippen molar-refractivity contribution < 1.29 is 38.9 Å². The number of nitrogens with one attached hydrogen (secondary N) is 3. The molecule has 5 N–H and O–H groups in total. The van der Waals surface area contributed by atoms with Gasteiger partial charge in [0.2, 0.25) is 17.2 Å². The van der Waals surface area contributed by atoms with E-state index >= 15 is 0 Å². The van der Waals surface area contributed by atoms with E-state index in [1.807, 2.05) is 0 Å². The molecule has 1 aliphatic carbocycles. The summed E-state index contributed by atoms with van der Waals surface area (Å²) in [6.45, 7) is 0.738. The summed E-state index contributed by atoms with van der Waals surface area (Å²) in [5.74, 6) is -3.72. The van der Waals surface area contributed by atoms with Crippen LogP contribution in [0.5, 0.6) is 0 Å². The molecule has 2 unspecified atom stereocenters. The molecule has 15 heteroatoms. The Morgan fingerprint density at radius 1 is 1.29 bits per heavy atom. The number of allylic oxidation sites excluding steroid dienone is 1. The van der Waals surface area contributed by atoms with E-state index < -0.39 is 52.3 Å². The molecule has 1 saturated heterocycles. The number of hydrogen-bond donors (Lipinski definition) is 5. The van der Waals surface area contributed by atoms with E-state index in [9.17, 15) is 39.0 Å². The number of hydrogen-bond acceptors (Lipinski definition) is 10. The maximum atomic E-state index is 12.9. The summed E-state index contributed by atoms with van der Waals surface area (Å²) in [5.41, 5.74) is -1.85. The lowest BCUT2D eigenvalue weighted by atomic mass is 9.97. The first-order valence-electron chi connectivity index (χ1n) is 12.7. The predicted molar refractivity (Wildman–Crippen MR) is 147 cm³/mol. The van der Waals surface area contributed by atoms with Crippen molar-refractivity contribution in [1.29, 1.82) is 0 Å². The van der Waals surface area contributed by atoms with Crippen molar-refractivity contribution in [3.05, 3.63) is 75.4 Å². The molecule has 14 nitrogen and oxygen atoms in total. The topological polar surface area (TPSA) is 208 Å². The van der Waals surface area contributed by atoms with Gasteiger partial charge in [0.05, 0.1) is 23.7 Å². The maximum absolute atomic E-state index is 12.9. The van der Waals surface area contributed by atoms with Gasteiger partial charge in [0.25, 0.3) is 5.91 Å². The molecule has 0 aromatic carbocycles. The van der Waals surface area contributed by atoms with Gasteiger partial charge in [-0.05, 0) is 23.8 Å². The van der Waals surface area contributed by atoms with Gasteiger partial charge >= 0.3 is 11.9 Å². The van der Waals surface area contributed by atoms with Crippen LogP contribution >= 0.6 is 11.8 Å². The van der Waals surface area contributed by atoms with Gasteiger partial charge in [-0.3, -0.25) is 33.9 Å².